The Morgan fingerprint density at radius 2 is 1.95 bits per heavy atom. The summed E-state index contributed by atoms with van der Waals surface area (Å²) in [7, 11) is 2.17. The first-order valence-electron chi connectivity index (χ1n) is 7.26. The van der Waals surface area contributed by atoms with Gasteiger partial charge in [0.1, 0.15) is 0 Å². The fraction of sp³-hybridized carbons (Fsp3) is 0.412. The predicted octanol–water partition coefficient (Wildman–Crippen LogP) is 3.48. The first kappa shape index (κ1) is 15.2. The summed E-state index contributed by atoms with van der Waals surface area (Å²) in [4.78, 5) is 3.80. The van der Waals surface area contributed by atoms with Gasteiger partial charge in [-0.1, -0.05) is 37.3 Å². The van der Waals surface area contributed by atoms with Gasteiger partial charge in [-0.3, -0.25) is 4.90 Å². The molecule has 0 spiro atoms. The molecular weight excluding hydrogens is 264 g/mol. The second-order valence-electron chi connectivity index (χ2n) is 5.16. The van der Waals surface area contributed by atoms with Gasteiger partial charge in [-0.2, -0.15) is 0 Å². The van der Waals surface area contributed by atoms with Crippen LogP contribution in [0.15, 0.2) is 41.8 Å². The summed E-state index contributed by atoms with van der Waals surface area (Å²) in [6, 6.07) is 13.5. The van der Waals surface area contributed by atoms with E-state index in [2.05, 4.69) is 60.6 Å². The highest BCUT2D eigenvalue weighted by Gasteiger charge is 2.15. The van der Waals surface area contributed by atoms with Crippen molar-refractivity contribution >= 4 is 11.3 Å². The van der Waals surface area contributed by atoms with Crippen molar-refractivity contribution in [3.05, 3.63) is 57.8 Å². The van der Waals surface area contributed by atoms with Crippen LogP contribution < -0.4 is 5.73 Å². The van der Waals surface area contributed by atoms with E-state index in [9.17, 15) is 0 Å². The molecule has 0 saturated heterocycles. The van der Waals surface area contributed by atoms with Crippen LogP contribution in [0.25, 0.3) is 0 Å². The molecule has 0 amide bonds. The van der Waals surface area contributed by atoms with Gasteiger partial charge in [-0.15, -0.1) is 11.3 Å². The average molecular weight is 288 g/mol. The lowest BCUT2D eigenvalue weighted by Gasteiger charge is -2.27. The maximum Gasteiger partial charge on any atom is 0.0467 e. The van der Waals surface area contributed by atoms with Crippen LogP contribution in [0.1, 0.15) is 29.0 Å². The van der Waals surface area contributed by atoms with E-state index in [0.29, 0.717) is 12.6 Å². The number of benzene rings is 1. The number of nitrogens with two attached hydrogens (primary N) is 1. The Bertz CT molecular complexity index is 490. The number of rotatable bonds is 7. The Balaban J connectivity index is 1.98. The molecule has 2 aromatic rings. The van der Waals surface area contributed by atoms with Gasteiger partial charge in [-0.05, 0) is 42.5 Å². The van der Waals surface area contributed by atoms with Crippen molar-refractivity contribution < 1.29 is 0 Å². The van der Waals surface area contributed by atoms with Crippen LogP contribution in [0.5, 0.6) is 0 Å². The van der Waals surface area contributed by atoms with Crippen molar-refractivity contribution in [2.24, 2.45) is 5.73 Å². The fourth-order valence-corrected chi connectivity index (χ4v) is 3.14. The van der Waals surface area contributed by atoms with Crippen molar-refractivity contribution in [2.75, 3.05) is 20.1 Å². The SMILES string of the molecule is CCc1ccc(C(CN)N(C)CCc2cccs2)cc1. The zero-order valence-corrected chi connectivity index (χ0v) is 13.2. The monoisotopic (exact) mass is 288 g/mol. The van der Waals surface area contributed by atoms with E-state index >= 15 is 0 Å². The van der Waals surface area contributed by atoms with Crippen LogP contribution >= 0.6 is 11.3 Å². The van der Waals surface area contributed by atoms with Crippen LogP contribution in [-0.4, -0.2) is 25.0 Å². The highest BCUT2D eigenvalue weighted by atomic mass is 32.1. The molecule has 108 valence electrons. The van der Waals surface area contributed by atoms with E-state index in [4.69, 9.17) is 5.73 Å². The lowest BCUT2D eigenvalue weighted by molar-refractivity contribution is 0.254. The maximum absolute atomic E-state index is 5.99. The van der Waals surface area contributed by atoms with Crippen molar-refractivity contribution in [1.29, 1.82) is 0 Å². The number of nitrogens with zero attached hydrogens (tertiary/aromatic N) is 1. The third kappa shape index (κ3) is 3.92. The van der Waals surface area contributed by atoms with E-state index in [1.165, 1.54) is 16.0 Å². The van der Waals surface area contributed by atoms with Crippen molar-refractivity contribution in [3.8, 4) is 0 Å². The van der Waals surface area contributed by atoms with Gasteiger partial charge in [0.2, 0.25) is 0 Å². The van der Waals surface area contributed by atoms with Crippen molar-refractivity contribution in [3.63, 3.8) is 0 Å². The lowest BCUT2D eigenvalue weighted by atomic mass is 10.0. The summed E-state index contributed by atoms with van der Waals surface area (Å²) in [5, 5.41) is 2.14. The molecular formula is C17H24N2S. The number of aryl methyl sites for hydroxylation is 1. The minimum atomic E-state index is 0.306. The van der Waals surface area contributed by atoms with Crippen LogP contribution in [0.4, 0.5) is 0 Å². The summed E-state index contributed by atoms with van der Waals surface area (Å²) in [6.07, 6.45) is 2.18. The molecule has 1 atom stereocenters. The van der Waals surface area contributed by atoms with Gasteiger partial charge < -0.3 is 5.73 Å². The molecule has 0 aliphatic carbocycles. The molecule has 2 N–H and O–H groups in total. The first-order valence-corrected chi connectivity index (χ1v) is 8.14. The van der Waals surface area contributed by atoms with Gasteiger partial charge in [0.25, 0.3) is 0 Å². The molecule has 1 aromatic heterocycles. The largest absolute Gasteiger partial charge is 0.329 e. The maximum atomic E-state index is 5.99. The van der Waals surface area contributed by atoms with Gasteiger partial charge in [0.05, 0.1) is 0 Å². The number of thiophene rings is 1. The molecule has 0 radical (unpaired) electrons. The molecule has 1 heterocycles. The molecule has 2 nitrogen and oxygen atoms in total. The Kier molecular flexibility index (Phi) is 5.77. The van der Waals surface area contributed by atoms with E-state index in [-0.39, 0.29) is 0 Å². The van der Waals surface area contributed by atoms with Gasteiger partial charge in [-0.25, -0.2) is 0 Å². The van der Waals surface area contributed by atoms with Crippen LogP contribution in [0.2, 0.25) is 0 Å². The highest BCUT2D eigenvalue weighted by Crippen LogP contribution is 2.20. The van der Waals surface area contributed by atoms with E-state index in [1.54, 1.807) is 0 Å². The molecule has 1 aromatic carbocycles. The van der Waals surface area contributed by atoms with Crippen LogP contribution in [0, 0.1) is 0 Å². The Morgan fingerprint density at radius 1 is 1.20 bits per heavy atom. The van der Waals surface area contributed by atoms with Gasteiger partial charge >= 0.3 is 0 Å². The van der Waals surface area contributed by atoms with Crippen molar-refractivity contribution in [1.82, 2.24) is 4.90 Å². The molecule has 0 fully saturated rings. The average Bonchev–Trinajstić information content (AvgIpc) is 3.00. The third-order valence-electron chi connectivity index (χ3n) is 3.82. The fourth-order valence-electron chi connectivity index (χ4n) is 2.44. The smallest absolute Gasteiger partial charge is 0.0467 e. The van der Waals surface area contributed by atoms with Crippen molar-refractivity contribution in [2.45, 2.75) is 25.8 Å². The Hall–Kier alpha value is -1.16. The quantitative estimate of drug-likeness (QED) is 0.845. The normalized spacial score (nSPS) is 12.8. The predicted molar refractivity (Wildman–Crippen MR) is 88.3 cm³/mol. The van der Waals surface area contributed by atoms with Crippen LogP contribution in [0.3, 0.4) is 0 Å². The number of hydrogen-bond acceptors (Lipinski definition) is 3. The molecule has 0 aliphatic heterocycles. The molecule has 20 heavy (non-hydrogen) atoms. The summed E-state index contributed by atoms with van der Waals surface area (Å²) < 4.78 is 0. The molecule has 2 rings (SSSR count). The Morgan fingerprint density at radius 3 is 2.50 bits per heavy atom. The summed E-state index contributed by atoms with van der Waals surface area (Å²) in [6.45, 7) is 3.88. The zero-order chi connectivity index (χ0) is 14.4. The Labute approximate surface area is 126 Å². The van der Waals surface area contributed by atoms with E-state index < -0.39 is 0 Å². The number of likely N-dealkylation sites (N-methyl/N-ethyl adjacent to an activating group) is 1. The molecule has 0 saturated carbocycles. The third-order valence-corrected chi connectivity index (χ3v) is 4.76. The topological polar surface area (TPSA) is 29.3 Å². The van der Waals surface area contributed by atoms with Gasteiger partial charge in [0.15, 0.2) is 0 Å². The molecule has 3 heteroatoms. The van der Waals surface area contributed by atoms with Gasteiger partial charge in [0, 0.05) is 24.0 Å². The first-order chi connectivity index (χ1) is 9.74. The van der Waals surface area contributed by atoms with E-state index in [1.807, 2.05) is 11.3 Å². The molecule has 1 unspecified atom stereocenters. The minimum absolute atomic E-state index is 0.306. The van der Waals surface area contributed by atoms with E-state index in [0.717, 1.165) is 19.4 Å². The zero-order valence-electron chi connectivity index (χ0n) is 12.4. The standard InChI is InChI=1S/C17H24N2S/c1-3-14-6-8-15(9-7-14)17(13-18)19(2)11-10-16-5-4-12-20-16/h4-9,12,17H,3,10-11,13,18H2,1-2H3. The summed E-state index contributed by atoms with van der Waals surface area (Å²) in [5.41, 5.74) is 8.68. The van der Waals surface area contributed by atoms with Crippen LogP contribution in [-0.2, 0) is 12.8 Å². The summed E-state index contributed by atoms with van der Waals surface area (Å²) >= 11 is 1.83. The number of hydrogen-bond donors (Lipinski definition) is 1. The lowest BCUT2D eigenvalue weighted by Crippen LogP contribution is -2.32. The second-order valence-corrected chi connectivity index (χ2v) is 6.19. The molecule has 0 bridgehead atoms. The highest BCUT2D eigenvalue weighted by molar-refractivity contribution is 7.09. The summed E-state index contributed by atoms with van der Waals surface area (Å²) in [5.74, 6) is 0. The second kappa shape index (κ2) is 7.58. The minimum Gasteiger partial charge on any atom is -0.329 e. The molecule has 0 aliphatic rings.